The average molecular weight is 473 g/mol. The summed E-state index contributed by atoms with van der Waals surface area (Å²) >= 11 is 0. The number of nitrogens with one attached hydrogen (secondary N) is 1. The highest BCUT2D eigenvalue weighted by molar-refractivity contribution is 6.14. The van der Waals surface area contributed by atoms with Gasteiger partial charge in [-0.1, -0.05) is 78.9 Å². The molecule has 2 heterocycles. The van der Waals surface area contributed by atoms with Gasteiger partial charge in [0.1, 0.15) is 0 Å². The Morgan fingerprint density at radius 1 is 0.568 bits per heavy atom. The van der Waals surface area contributed by atoms with Crippen molar-refractivity contribution in [2.24, 2.45) is 0 Å². The molecular weight excluding hydrogens is 448 g/mol. The fourth-order valence-electron chi connectivity index (χ4n) is 6.01. The average Bonchev–Trinajstić information content (AvgIpc) is 3.38. The lowest BCUT2D eigenvalue weighted by Gasteiger charge is -2.08. The van der Waals surface area contributed by atoms with Crippen molar-refractivity contribution in [1.82, 2.24) is 9.55 Å². The maximum absolute atomic E-state index is 3.64. The first kappa shape index (κ1) is 20.4. The molecule has 37 heavy (non-hydrogen) atoms. The van der Waals surface area contributed by atoms with Gasteiger partial charge in [-0.3, -0.25) is 0 Å². The first-order valence-electron chi connectivity index (χ1n) is 12.9. The lowest BCUT2D eigenvalue weighted by molar-refractivity contribution is 1.18. The van der Waals surface area contributed by atoms with Crippen LogP contribution in [0.2, 0.25) is 0 Å². The van der Waals surface area contributed by atoms with E-state index in [9.17, 15) is 0 Å². The number of aromatic nitrogens is 2. The molecule has 0 spiro atoms. The van der Waals surface area contributed by atoms with Crippen LogP contribution in [0.25, 0.3) is 72.6 Å². The molecule has 0 saturated carbocycles. The maximum Gasteiger partial charge on any atom is 0.0541 e. The van der Waals surface area contributed by atoms with Crippen molar-refractivity contribution in [3.8, 4) is 16.8 Å². The van der Waals surface area contributed by atoms with Gasteiger partial charge in [0.2, 0.25) is 0 Å². The number of allylic oxidation sites excluding steroid dienone is 2. The first-order chi connectivity index (χ1) is 18.3. The van der Waals surface area contributed by atoms with Gasteiger partial charge >= 0.3 is 0 Å². The summed E-state index contributed by atoms with van der Waals surface area (Å²) in [5.74, 6) is 0. The van der Waals surface area contributed by atoms with Crippen LogP contribution in [-0.2, 0) is 0 Å². The van der Waals surface area contributed by atoms with Gasteiger partial charge in [0.25, 0.3) is 0 Å². The molecule has 2 nitrogen and oxygen atoms in total. The SMILES string of the molecule is C1=Cc2ccc3[nH]c4ccc(-c5ccc6c(c5)c5ccccc5n6-c5ccccc5)cc4c3c2C=CC1. The summed E-state index contributed by atoms with van der Waals surface area (Å²) < 4.78 is 2.37. The van der Waals surface area contributed by atoms with Crippen molar-refractivity contribution < 1.29 is 0 Å². The van der Waals surface area contributed by atoms with Gasteiger partial charge in [-0.25, -0.2) is 0 Å². The number of aromatic amines is 1. The second-order valence-electron chi connectivity index (χ2n) is 9.84. The molecule has 2 heteroatoms. The van der Waals surface area contributed by atoms with Gasteiger partial charge in [-0.05, 0) is 77.2 Å². The number of H-pyrrole nitrogens is 1. The van der Waals surface area contributed by atoms with Crippen molar-refractivity contribution in [2.75, 3.05) is 0 Å². The molecule has 0 fully saturated rings. The number of benzene rings is 5. The van der Waals surface area contributed by atoms with Crippen molar-refractivity contribution in [1.29, 1.82) is 0 Å². The summed E-state index contributed by atoms with van der Waals surface area (Å²) in [5, 5.41) is 5.13. The quantitative estimate of drug-likeness (QED) is 0.259. The minimum absolute atomic E-state index is 0.973. The summed E-state index contributed by atoms with van der Waals surface area (Å²) in [5.41, 5.74) is 11.1. The normalized spacial score (nSPS) is 13.1. The third-order valence-corrected chi connectivity index (χ3v) is 7.71. The number of hydrogen-bond donors (Lipinski definition) is 1. The first-order valence-corrected chi connectivity index (χ1v) is 12.9. The molecule has 1 aliphatic rings. The predicted molar refractivity (Wildman–Crippen MR) is 158 cm³/mol. The van der Waals surface area contributed by atoms with Crippen LogP contribution in [0.15, 0.2) is 115 Å². The molecule has 5 aromatic carbocycles. The van der Waals surface area contributed by atoms with E-state index < -0.39 is 0 Å². The van der Waals surface area contributed by atoms with Crippen LogP contribution < -0.4 is 0 Å². The largest absolute Gasteiger partial charge is 0.354 e. The molecule has 0 amide bonds. The summed E-state index contributed by atoms with van der Waals surface area (Å²) in [6, 6.07) is 37.5. The fraction of sp³-hybridized carbons (Fsp3) is 0.0286. The number of fused-ring (bicyclic) bond motifs is 8. The number of hydrogen-bond acceptors (Lipinski definition) is 0. The monoisotopic (exact) mass is 472 g/mol. The minimum atomic E-state index is 0.973. The van der Waals surface area contributed by atoms with Crippen molar-refractivity contribution in [2.45, 2.75) is 6.42 Å². The molecule has 1 aliphatic carbocycles. The Balaban J connectivity index is 1.37. The molecule has 0 aliphatic heterocycles. The number of nitrogens with zero attached hydrogens (tertiary/aromatic N) is 1. The highest BCUT2D eigenvalue weighted by Crippen LogP contribution is 2.38. The molecule has 1 N–H and O–H groups in total. The third kappa shape index (κ3) is 3.06. The van der Waals surface area contributed by atoms with Crippen LogP contribution in [0, 0.1) is 0 Å². The molecule has 2 aromatic heterocycles. The Morgan fingerprint density at radius 3 is 2.22 bits per heavy atom. The number of para-hydroxylation sites is 2. The van der Waals surface area contributed by atoms with Crippen LogP contribution in [0.4, 0.5) is 0 Å². The van der Waals surface area contributed by atoms with E-state index in [0.29, 0.717) is 0 Å². The fourth-order valence-corrected chi connectivity index (χ4v) is 6.01. The molecule has 8 rings (SSSR count). The van der Waals surface area contributed by atoms with E-state index in [0.717, 1.165) is 6.42 Å². The van der Waals surface area contributed by atoms with Crippen molar-refractivity contribution in [3.05, 3.63) is 126 Å². The molecule has 0 atom stereocenters. The Morgan fingerprint density at radius 2 is 1.30 bits per heavy atom. The van der Waals surface area contributed by atoms with Crippen molar-refractivity contribution in [3.63, 3.8) is 0 Å². The van der Waals surface area contributed by atoms with E-state index in [1.807, 2.05) is 0 Å². The summed E-state index contributed by atoms with van der Waals surface area (Å²) in [7, 11) is 0. The van der Waals surface area contributed by atoms with Gasteiger partial charge in [0, 0.05) is 38.3 Å². The molecule has 0 bridgehead atoms. The minimum Gasteiger partial charge on any atom is -0.354 e. The zero-order chi connectivity index (χ0) is 24.3. The van der Waals surface area contributed by atoms with Crippen LogP contribution >= 0.6 is 0 Å². The van der Waals surface area contributed by atoms with Crippen LogP contribution in [0.5, 0.6) is 0 Å². The molecule has 7 aromatic rings. The zero-order valence-corrected chi connectivity index (χ0v) is 20.3. The smallest absolute Gasteiger partial charge is 0.0541 e. The van der Waals surface area contributed by atoms with Crippen LogP contribution in [0.3, 0.4) is 0 Å². The van der Waals surface area contributed by atoms with Gasteiger partial charge < -0.3 is 9.55 Å². The molecule has 0 unspecified atom stereocenters. The van der Waals surface area contributed by atoms with E-state index in [4.69, 9.17) is 0 Å². The van der Waals surface area contributed by atoms with E-state index in [1.165, 1.54) is 71.6 Å². The lowest BCUT2D eigenvalue weighted by Crippen LogP contribution is -1.92. The van der Waals surface area contributed by atoms with Gasteiger partial charge in [-0.2, -0.15) is 0 Å². The van der Waals surface area contributed by atoms with Crippen molar-refractivity contribution >= 4 is 55.8 Å². The third-order valence-electron chi connectivity index (χ3n) is 7.71. The second-order valence-corrected chi connectivity index (χ2v) is 9.84. The Bertz CT molecular complexity index is 2050. The van der Waals surface area contributed by atoms with Gasteiger partial charge in [-0.15, -0.1) is 0 Å². The highest BCUT2D eigenvalue weighted by atomic mass is 15.0. The Kier molecular flexibility index (Phi) is 4.32. The molecule has 174 valence electrons. The molecule has 0 saturated heterocycles. The van der Waals surface area contributed by atoms with Gasteiger partial charge in [0.15, 0.2) is 0 Å². The summed E-state index contributed by atoms with van der Waals surface area (Å²) in [4.78, 5) is 3.64. The topological polar surface area (TPSA) is 20.7 Å². The summed E-state index contributed by atoms with van der Waals surface area (Å²) in [6.07, 6.45) is 9.98. The standard InChI is InChI=1S/C35H24N2/c1-3-9-23-15-19-32-35(27(23)12-6-1)30-22-24(16-18-31(30)36-32)25-17-20-34-29(21-25)28-13-7-8-14-33(28)37(34)26-10-4-2-5-11-26/h2-22,36H,1H2. The molecule has 0 radical (unpaired) electrons. The lowest BCUT2D eigenvalue weighted by atomic mass is 9.97. The maximum atomic E-state index is 3.64. The van der Waals surface area contributed by atoms with Crippen LogP contribution in [-0.4, -0.2) is 9.55 Å². The Labute approximate surface area is 214 Å². The van der Waals surface area contributed by atoms with Gasteiger partial charge in [0.05, 0.1) is 11.0 Å². The zero-order valence-electron chi connectivity index (χ0n) is 20.3. The second kappa shape index (κ2) is 7.84. The van der Waals surface area contributed by atoms with Crippen LogP contribution in [0.1, 0.15) is 17.5 Å². The predicted octanol–water partition coefficient (Wildman–Crippen LogP) is 9.52. The van der Waals surface area contributed by atoms with E-state index in [1.54, 1.807) is 0 Å². The molecular formula is C35H24N2. The van der Waals surface area contributed by atoms with E-state index >= 15 is 0 Å². The summed E-state index contributed by atoms with van der Waals surface area (Å²) in [6.45, 7) is 0. The Hall–Kier alpha value is -4.82. The van der Waals surface area contributed by atoms with E-state index in [2.05, 4.69) is 137 Å². The van der Waals surface area contributed by atoms with E-state index in [-0.39, 0.29) is 0 Å². The number of rotatable bonds is 2. The highest BCUT2D eigenvalue weighted by Gasteiger charge is 2.15.